The number of urea groups is 1. The first-order valence-corrected chi connectivity index (χ1v) is 7.64. The van der Waals surface area contributed by atoms with Gasteiger partial charge in [-0.25, -0.2) is 4.79 Å². The molecule has 0 radical (unpaired) electrons. The molecule has 1 saturated heterocycles. The highest BCUT2D eigenvalue weighted by atomic mass is 16.3. The van der Waals surface area contributed by atoms with E-state index < -0.39 is 12.3 Å². The van der Waals surface area contributed by atoms with E-state index in [1.54, 1.807) is 13.8 Å². The van der Waals surface area contributed by atoms with Gasteiger partial charge >= 0.3 is 6.03 Å². The van der Waals surface area contributed by atoms with E-state index in [-0.39, 0.29) is 18.1 Å². The lowest BCUT2D eigenvalue weighted by atomic mass is 9.96. The summed E-state index contributed by atoms with van der Waals surface area (Å²) in [5.41, 5.74) is 6.31. The van der Waals surface area contributed by atoms with Crippen LogP contribution in [0.2, 0.25) is 0 Å². The van der Waals surface area contributed by atoms with Crippen LogP contribution in [0.15, 0.2) is 11.3 Å². The third kappa shape index (κ3) is 4.09. The number of allylic oxidation sites excluding steroid dienone is 1. The molecule has 2 aliphatic rings. The Labute approximate surface area is 125 Å². The van der Waals surface area contributed by atoms with Crippen molar-refractivity contribution in [3.05, 3.63) is 11.3 Å². The molecule has 2 amide bonds. The molecule has 7 nitrogen and oxygen atoms in total. The highest BCUT2D eigenvalue weighted by molar-refractivity contribution is 5.73. The van der Waals surface area contributed by atoms with Crippen LogP contribution in [0.25, 0.3) is 0 Å². The second-order valence-electron chi connectivity index (χ2n) is 5.94. The fraction of sp³-hybridized carbons (Fsp3) is 0.786. The summed E-state index contributed by atoms with van der Waals surface area (Å²) in [4.78, 5) is 11.8. The van der Waals surface area contributed by atoms with Crippen LogP contribution in [-0.2, 0) is 0 Å². The van der Waals surface area contributed by atoms with E-state index >= 15 is 0 Å². The monoisotopic (exact) mass is 298 g/mol. The van der Waals surface area contributed by atoms with Crippen molar-refractivity contribution in [2.24, 2.45) is 0 Å². The average molecular weight is 298 g/mol. The maximum atomic E-state index is 11.8. The van der Waals surface area contributed by atoms with Crippen molar-refractivity contribution in [1.29, 1.82) is 0 Å². The normalized spacial score (nSPS) is 32.7. The minimum absolute atomic E-state index is 0.220. The van der Waals surface area contributed by atoms with Crippen LogP contribution in [0.5, 0.6) is 0 Å². The molecular weight excluding hydrogens is 272 g/mol. The van der Waals surface area contributed by atoms with Crippen LogP contribution in [0.1, 0.15) is 46.0 Å². The van der Waals surface area contributed by atoms with Gasteiger partial charge in [-0.1, -0.05) is 19.3 Å². The van der Waals surface area contributed by atoms with Crippen molar-refractivity contribution in [2.45, 2.75) is 70.4 Å². The number of hydrazine groups is 1. The van der Waals surface area contributed by atoms with Crippen LogP contribution in [0, 0.1) is 0 Å². The van der Waals surface area contributed by atoms with Crippen molar-refractivity contribution >= 4 is 6.03 Å². The summed E-state index contributed by atoms with van der Waals surface area (Å²) in [5.74, 6) is 0. The van der Waals surface area contributed by atoms with Crippen molar-refractivity contribution in [3.8, 4) is 0 Å². The van der Waals surface area contributed by atoms with E-state index in [4.69, 9.17) is 0 Å². The van der Waals surface area contributed by atoms with Gasteiger partial charge in [-0.05, 0) is 26.7 Å². The molecule has 7 heteroatoms. The summed E-state index contributed by atoms with van der Waals surface area (Å²) in [5, 5.41) is 25.6. The quantitative estimate of drug-likeness (QED) is 0.414. The van der Waals surface area contributed by atoms with Gasteiger partial charge in [0.1, 0.15) is 6.23 Å². The maximum absolute atomic E-state index is 11.8. The van der Waals surface area contributed by atoms with Gasteiger partial charge in [0.05, 0.1) is 6.10 Å². The molecule has 3 atom stereocenters. The van der Waals surface area contributed by atoms with Gasteiger partial charge in [0.2, 0.25) is 0 Å². The van der Waals surface area contributed by atoms with Gasteiger partial charge in [0.25, 0.3) is 0 Å². The van der Waals surface area contributed by atoms with E-state index in [1.165, 1.54) is 6.42 Å². The lowest BCUT2D eigenvalue weighted by Gasteiger charge is -2.23. The smallest absolute Gasteiger partial charge is 0.333 e. The zero-order valence-corrected chi connectivity index (χ0v) is 12.6. The zero-order valence-electron chi connectivity index (χ0n) is 12.6. The Kier molecular flexibility index (Phi) is 5.44. The molecule has 1 saturated carbocycles. The van der Waals surface area contributed by atoms with E-state index in [0.717, 1.165) is 25.7 Å². The first-order valence-electron chi connectivity index (χ1n) is 7.64. The molecule has 1 aliphatic heterocycles. The third-order valence-corrected chi connectivity index (χ3v) is 4.24. The number of nitrogens with one attached hydrogen (secondary N) is 4. The van der Waals surface area contributed by atoms with E-state index in [1.807, 2.05) is 0 Å². The second kappa shape index (κ2) is 7.11. The highest BCUT2D eigenvalue weighted by Crippen LogP contribution is 2.21. The molecule has 2 rings (SSSR count). The van der Waals surface area contributed by atoms with Gasteiger partial charge in [0, 0.05) is 23.4 Å². The number of amides is 2. The van der Waals surface area contributed by atoms with Crippen LogP contribution in [0.4, 0.5) is 4.79 Å². The lowest BCUT2D eigenvalue weighted by molar-refractivity contribution is 0.184. The molecule has 1 aliphatic carbocycles. The number of rotatable bonds is 3. The first kappa shape index (κ1) is 16.1. The molecule has 1 heterocycles. The number of aliphatic hydroxyl groups excluding tert-OH is 2. The lowest BCUT2D eigenvalue weighted by Crippen LogP contribution is -2.48. The largest absolute Gasteiger partial charge is 0.387 e. The maximum Gasteiger partial charge on any atom is 0.333 e. The summed E-state index contributed by atoms with van der Waals surface area (Å²) in [6.45, 7) is 3.50. The van der Waals surface area contributed by atoms with Crippen molar-refractivity contribution in [1.82, 2.24) is 21.5 Å². The van der Waals surface area contributed by atoms with Crippen molar-refractivity contribution < 1.29 is 15.0 Å². The fourth-order valence-electron chi connectivity index (χ4n) is 2.98. The number of hydrogen-bond acceptors (Lipinski definition) is 5. The molecule has 120 valence electrons. The molecule has 0 bridgehead atoms. The minimum atomic E-state index is -0.897. The van der Waals surface area contributed by atoms with E-state index in [0.29, 0.717) is 11.3 Å². The number of carbonyl (C=O) groups excluding carboxylic acids is 1. The standard InChI is InChI=1S/C14H26N4O3/c1-8(11-12(19)9(2)15-13(11)20)17-18-14(21)16-10-6-4-3-5-7-10/h9-10,12-13,15,17,19-20H,3-7H2,1-2H3,(H2,16,18,21)/b11-8-. The van der Waals surface area contributed by atoms with Crippen molar-refractivity contribution in [3.63, 3.8) is 0 Å². The van der Waals surface area contributed by atoms with Gasteiger partial charge in [0.15, 0.2) is 0 Å². The molecule has 0 aromatic heterocycles. The summed E-state index contributed by atoms with van der Waals surface area (Å²) in [7, 11) is 0. The van der Waals surface area contributed by atoms with Crippen LogP contribution >= 0.6 is 0 Å². The summed E-state index contributed by atoms with van der Waals surface area (Å²) in [6.07, 6.45) is 3.93. The van der Waals surface area contributed by atoms with Gasteiger partial charge < -0.3 is 21.0 Å². The Bertz CT molecular complexity index is 407. The van der Waals surface area contributed by atoms with Crippen molar-refractivity contribution in [2.75, 3.05) is 0 Å². The molecule has 3 unspecified atom stereocenters. The summed E-state index contributed by atoms with van der Waals surface area (Å²) in [6, 6.07) is -0.273. The minimum Gasteiger partial charge on any atom is -0.387 e. The Morgan fingerprint density at radius 2 is 1.86 bits per heavy atom. The van der Waals surface area contributed by atoms with Crippen LogP contribution < -0.4 is 21.5 Å². The highest BCUT2D eigenvalue weighted by Gasteiger charge is 2.34. The predicted molar refractivity (Wildman–Crippen MR) is 79.0 cm³/mol. The van der Waals surface area contributed by atoms with Crippen LogP contribution in [0.3, 0.4) is 0 Å². The molecule has 2 fully saturated rings. The van der Waals surface area contributed by atoms with E-state index in [9.17, 15) is 15.0 Å². The molecule has 6 N–H and O–H groups in total. The molecule has 0 aromatic rings. The van der Waals surface area contributed by atoms with Gasteiger partial charge in [-0.2, -0.15) is 0 Å². The number of aliphatic hydroxyl groups is 2. The first-order chi connectivity index (χ1) is 9.99. The third-order valence-electron chi connectivity index (χ3n) is 4.24. The topological polar surface area (TPSA) is 106 Å². The van der Waals surface area contributed by atoms with Gasteiger partial charge in [-0.15, -0.1) is 0 Å². The molecule has 21 heavy (non-hydrogen) atoms. The van der Waals surface area contributed by atoms with Crippen LogP contribution in [-0.4, -0.2) is 40.7 Å². The number of hydrogen-bond donors (Lipinski definition) is 6. The Balaban J connectivity index is 1.82. The Hall–Kier alpha value is -1.31. The molecule has 0 aromatic carbocycles. The predicted octanol–water partition coefficient (Wildman–Crippen LogP) is 0.0679. The second-order valence-corrected chi connectivity index (χ2v) is 5.94. The Morgan fingerprint density at radius 3 is 2.43 bits per heavy atom. The molecule has 0 spiro atoms. The van der Waals surface area contributed by atoms with E-state index in [2.05, 4.69) is 21.5 Å². The summed E-state index contributed by atoms with van der Waals surface area (Å²) >= 11 is 0. The Morgan fingerprint density at radius 1 is 1.19 bits per heavy atom. The SMILES string of the molecule is C/C(NNC(=O)NC1CCCCC1)=C1/C(O)NC(C)C1O. The number of carbonyl (C=O) groups is 1. The summed E-state index contributed by atoms with van der Waals surface area (Å²) < 4.78 is 0. The van der Waals surface area contributed by atoms with Gasteiger partial charge in [-0.3, -0.25) is 10.7 Å². The fourth-order valence-corrected chi connectivity index (χ4v) is 2.98. The molecular formula is C14H26N4O3. The average Bonchev–Trinajstić information content (AvgIpc) is 2.71. The zero-order chi connectivity index (χ0) is 15.4.